The van der Waals surface area contributed by atoms with Crippen molar-refractivity contribution in [3.05, 3.63) is 12.2 Å². The van der Waals surface area contributed by atoms with Crippen LogP contribution in [-0.4, -0.2) is 46.3 Å². The van der Waals surface area contributed by atoms with E-state index in [2.05, 4.69) is 12.2 Å². The van der Waals surface area contributed by atoms with Gasteiger partial charge in [-0.25, -0.2) is 4.39 Å². The first-order chi connectivity index (χ1) is 9.93. The Morgan fingerprint density at radius 3 is 1.95 bits per heavy atom. The average Bonchev–Trinajstić information content (AvgIpc) is 3.06. The fourth-order valence-electron chi connectivity index (χ4n) is 3.15. The van der Waals surface area contributed by atoms with Crippen molar-refractivity contribution in [2.24, 2.45) is 17.8 Å². The van der Waals surface area contributed by atoms with Crippen molar-refractivity contribution < 1.29 is 18.6 Å². The van der Waals surface area contributed by atoms with Crippen molar-refractivity contribution in [1.82, 2.24) is 0 Å². The molecule has 0 heterocycles. The van der Waals surface area contributed by atoms with Gasteiger partial charge in [-0.1, -0.05) is 12.2 Å². The number of fused-ring (bicyclic) bond motifs is 1. The summed E-state index contributed by atoms with van der Waals surface area (Å²) < 4.78 is 27.8. The molecule has 3 atom stereocenters. The lowest BCUT2D eigenvalue weighted by atomic mass is 10.1. The number of alkyl halides is 1. The smallest absolute Gasteiger partial charge is 0.113 e. The zero-order chi connectivity index (χ0) is 14.0. The lowest BCUT2D eigenvalue weighted by Gasteiger charge is -2.06. The van der Waals surface area contributed by atoms with Gasteiger partial charge in [-0.2, -0.15) is 0 Å². The van der Waals surface area contributed by atoms with E-state index in [9.17, 15) is 4.39 Å². The molecule has 2 aliphatic carbocycles. The Morgan fingerprint density at radius 1 is 0.800 bits per heavy atom. The van der Waals surface area contributed by atoms with Crippen LogP contribution >= 0.6 is 0 Å². The summed E-state index contributed by atoms with van der Waals surface area (Å²) in [5.41, 5.74) is 0. The summed E-state index contributed by atoms with van der Waals surface area (Å²) in [6.45, 7) is 2.85. The maximum Gasteiger partial charge on any atom is 0.113 e. The van der Waals surface area contributed by atoms with E-state index in [0.29, 0.717) is 26.4 Å². The van der Waals surface area contributed by atoms with Crippen molar-refractivity contribution in [1.29, 1.82) is 0 Å². The zero-order valence-corrected chi connectivity index (χ0v) is 12.3. The maximum absolute atomic E-state index is 11.7. The third-order valence-corrected chi connectivity index (χ3v) is 4.28. The Hall–Kier alpha value is -0.450. The minimum Gasteiger partial charge on any atom is -0.379 e. The van der Waals surface area contributed by atoms with E-state index in [-0.39, 0.29) is 6.61 Å². The van der Waals surface area contributed by atoms with Crippen LogP contribution in [0.5, 0.6) is 0 Å². The van der Waals surface area contributed by atoms with Crippen LogP contribution in [0.25, 0.3) is 0 Å². The standard InChI is InChI=1S/C16H27FO3/c17-7-8-18-9-10-19-11-12-20-13-16-14-5-3-1-2-4-6-15(14)16/h1-2,14-16H,3-13H2/b2-1+/t14-,15+,16?/i17-1. The summed E-state index contributed by atoms with van der Waals surface area (Å²) in [7, 11) is 0. The molecule has 0 aliphatic heterocycles. The molecule has 0 spiro atoms. The summed E-state index contributed by atoms with van der Waals surface area (Å²) in [4.78, 5) is 0. The molecule has 0 aromatic carbocycles. The lowest BCUT2D eigenvalue weighted by molar-refractivity contribution is 0.00929. The monoisotopic (exact) mass is 285 g/mol. The average molecular weight is 285 g/mol. The molecule has 0 N–H and O–H groups in total. The second kappa shape index (κ2) is 9.48. The summed E-state index contributed by atoms with van der Waals surface area (Å²) in [5, 5.41) is 0. The molecule has 4 heteroatoms. The number of hydrogen-bond acceptors (Lipinski definition) is 3. The topological polar surface area (TPSA) is 27.7 Å². The molecule has 1 fully saturated rings. The molecule has 1 saturated carbocycles. The number of hydrogen-bond donors (Lipinski definition) is 0. The molecule has 0 amide bonds. The highest BCUT2D eigenvalue weighted by Crippen LogP contribution is 2.52. The Balaban J connectivity index is 1.41. The normalized spacial score (nSPS) is 30.4. The molecular weight excluding hydrogens is 258 g/mol. The van der Waals surface area contributed by atoms with E-state index in [4.69, 9.17) is 14.2 Å². The fourth-order valence-corrected chi connectivity index (χ4v) is 3.15. The second-order valence-electron chi connectivity index (χ2n) is 5.61. The van der Waals surface area contributed by atoms with E-state index in [1.165, 1.54) is 25.7 Å². The third kappa shape index (κ3) is 5.51. The van der Waals surface area contributed by atoms with Gasteiger partial charge in [0.15, 0.2) is 0 Å². The highest BCUT2D eigenvalue weighted by Gasteiger charge is 2.48. The minimum atomic E-state index is -0.428. The van der Waals surface area contributed by atoms with Gasteiger partial charge in [0.2, 0.25) is 0 Å². The summed E-state index contributed by atoms with van der Waals surface area (Å²) in [6, 6.07) is 0. The van der Waals surface area contributed by atoms with Gasteiger partial charge in [-0.15, -0.1) is 0 Å². The number of allylic oxidation sites excluding steroid dienone is 2. The molecule has 116 valence electrons. The minimum absolute atomic E-state index is 0.166. The molecule has 0 aromatic rings. The second-order valence-corrected chi connectivity index (χ2v) is 5.61. The van der Waals surface area contributed by atoms with Crippen LogP contribution in [0.15, 0.2) is 12.2 Å². The Kier molecular flexibility index (Phi) is 7.55. The molecule has 2 aliphatic rings. The molecule has 2 rings (SSSR count). The van der Waals surface area contributed by atoms with Crippen LogP contribution < -0.4 is 0 Å². The van der Waals surface area contributed by atoms with Gasteiger partial charge in [0.1, 0.15) is 6.67 Å². The predicted molar refractivity (Wildman–Crippen MR) is 76.5 cm³/mol. The largest absolute Gasteiger partial charge is 0.379 e. The highest BCUT2D eigenvalue weighted by molar-refractivity contribution is 5.01. The molecule has 0 aromatic heterocycles. The molecule has 0 bridgehead atoms. The summed E-state index contributed by atoms with van der Waals surface area (Å²) >= 11 is 0. The van der Waals surface area contributed by atoms with Gasteiger partial charge in [-0.3, -0.25) is 0 Å². The first-order valence-electron chi connectivity index (χ1n) is 7.87. The number of halogens is 1. The van der Waals surface area contributed by atoms with Gasteiger partial charge >= 0.3 is 0 Å². The Bertz CT molecular complexity index is 267. The Labute approximate surface area is 121 Å². The number of ether oxygens (including phenoxy) is 3. The van der Waals surface area contributed by atoms with E-state index in [0.717, 1.165) is 24.4 Å². The van der Waals surface area contributed by atoms with E-state index in [1.807, 2.05) is 0 Å². The highest BCUT2D eigenvalue weighted by atomic mass is 18.2. The maximum atomic E-state index is 11.7. The van der Waals surface area contributed by atoms with Crippen LogP contribution in [-0.2, 0) is 14.2 Å². The SMILES string of the molecule is [18F]CCOCCOCCOCC1[C@H]2CC/C=C/CC[C@@H]12. The Morgan fingerprint density at radius 2 is 1.35 bits per heavy atom. The van der Waals surface area contributed by atoms with E-state index in [1.54, 1.807) is 0 Å². The quantitative estimate of drug-likeness (QED) is 0.456. The number of rotatable bonds is 10. The molecule has 0 saturated heterocycles. The molecule has 0 radical (unpaired) electrons. The van der Waals surface area contributed by atoms with Crippen LogP contribution in [0, 0.1) is 17.8 Å². The van der Waals surface area contributed by atoms with Crippen molar-refractivity contribution in [2.45, 2.75) is 25.7 Å². The van der Waals surface area contributed by atoms with Crippen LogP contribution in [0.2, 0.25) is 0 Å². The van der Waals surface area contributed by atoms with Crippen LogP contribution in [0.1, 0.15) is 25.7 Å². The van der Waals surface area contributed by atoms with Gasteiger partial charge in [-0.05, 0) is 43.4 Å². The van der Waals surface area contributed by atoms with Gasteiger partial charge in [0.25, 0.3) is 0 Å². The first kappa shape index (κ1) is 15.9. The van der Waals surface area contributed by atoms with Crippen molar-refractivity contribution >= 4 is 0 Å². The predicted octanol–water partition coefficient (Wildman–Crippen LogP) is 3.00. The molecule has 20 heavy (non-hydrogen) atoms. The molecular formula is C16H27FO3. The van der Waals surface area contributed by atoms with Crippen LogP contribution in [0.3, 0.4) is 0 Å². The van der Waals surface area contributed by atoms with E-state index >= 15 is 0 Å². The molecule has 3 nitrogen and oxygen atoms in total. The van der Waals surface area contributed by atoms with Gasteiger partial charge in [0.05, 0.1) is 39.6 Å². The fraction of sp³-hybridized carbons (Fsp3) is 0.875. The van der Waals surface area contributed by atoms with Crippen molar-refractivity contribution in [3.8, 4) is 0 Å². The molecule has 1 unspecified atom stereocenters. The summed E-state index contributed by atoms with van der Waals surface area (Å²) in [6.07, 6.45) is 9.78. The zero-order valence-electron chi connectivity index (χ0n) is 12.3. The third-order valence-electron chi connectivity index (χ3n) is 4.28. The lowest BCUT2D eigenvalue weighted by Crippen LogP contribution is -2.11. The van der Waals surface area contributed by atoms with Gasteiger partial charge in [0, 0.05) is 0 Å². The van der Waals surface area contributed by atoms with Crippen LogP contribution in [0.4, 0.5) is 4.39 Å². The van der Waals surface area contributed by atoms with Gasteiger partial charge < -0.3 is 14.2 Å². The van der Waals surface area contributed by atoms with Crippen molar-refractivity contribution in [3.63, 3.8) is 0 Å². The van der Waals surface area contributed by atoms with E-state index < -0.39 is 6.67 Å². The summed E-state index contributed by atoms with van der Waals surface area (Å²) in [5.74, 6) is 2.58. The first-order valence-corrected chi connectivity index (χ1v) is 7.87. The van der Waals surface area contributed by atoms with Crippen molar-refractivity contribution in [2.75, 3.05) is 46.3 Å².